The largest absolute Gasteiger partial charge is 0.271 e. The maximum Gasteiger partial charge on any atom is 0.261 e. The molecule has 0 aliphatic rings. The van der Waals surface area contributed by atoms with Gasteiger partial charge in [-0.05, 0) is 58.0 Å². The first-order chi connectivity index (χ1) is 12.8. The fourth-order valence-electron chi connectivity index (χ4n) is 2.85. The standard InChI is InChI=1S/C19H21FN6O/c1-12-9-13(2)25(23-12)11-19(27)22-21-10-18-14(3)24-26(15(18)4)17-7-5-16(20)6-8-17/h5-10H,11H2,1-4H3,(H,22,27)/b21-10-. The van der Waals surface area contributed by atoms with Crippen LogP contribution in [0.1, 0.15) is 28.3 Å². The van der Waals surface area contributed by atoms with Gasteiger partial charge in [0.1, 0.15) is 12.4 Å². The van der Waals surface area contributed by atoms with Gasteiger partial charge >= 0.3 is 0 Å². The molecule has 1 N–H and O–H groups in total. The Labute approximate surface area is 156 Å². The number of nitrogens with zero attached hydrogens (tertiary/aromatic N) is 5. The van der Waals surface area contributed by atoms with Crippen molar-refractivity contribution in [3.05, 3.63) is 64.5 Å². The maximum atomic E-state index is 13.1. The van der Waals surface area contributed by atoms with Gasteiger partial charge in [0.05, 0.1) is 29.0 Å². The molecule has 1 amide bonds. The molecule has 0 radical (unpaired) electrons. The SMILES string of the molecule is Cc1cc(C)n(CC(=O)N/N=C\c2c(C)nn(-c3ccc(F)cc3)c2C)n1. The minimum Gasteiger partial charge on any atom is -0.271 e. The van der Waals surface area contributed by atoms with Crippen molar-refractivity contribution < 1.29 is 9.18 Å². The molecular weight excluding hydrogens is 347 g/mol. The molecule has 0 saturated heterocycles. The molecule has 3 rings (SSSR count). The van der Waals surface area contributed by atoms with Gasteiger partial charge in [0.15, 0.2) is 0 Å². The van der Waals surface area contributed by atoms with Crippen LogP contribution in [-0.4, -0.2) is 31.7 Å². The van der Waals surface area contributed by atoms with E-state index in [0.717, 1.165) is 34.0 Å². The van der Waals surface area contributed by atoms with E-state index >= 15 is 0 Å². The van der Waals surface area contributed by atoms with Crippen molar-refractivity contribution in [2.24, 2.45) is 5.10 Å². The van der Waals surface area contributed by atoms with Gasteiger partial charge in [-0.3, -0.25) is 9.48 Å². The molecule has 1 aromatic carbocycles. The van der Waals surface area contributed by atoms with Gasteiger partial charge in [0, 0.05) is 11.3 Å². The minimum atomic E-state index is -0.299. The number of aryl methyl sites for hydroxylation is 3. The third kappa shape index (κ3) is 4.11. The summed E-state index contributed by atoms with van der Waals surface area (Å²) in [6.07, 6.45) is 1.57. The van der Waals surface area contributed by atoms with E-state index in [9.17, 15) is 9.18 Å². The summed E-state index contributed by atoms with van der Waals surface area (Å²) < 4.78 is 16.5. The molecule has 0 bridgehead atoms. The highest BCUT2D eigenvalue weighted by Gasteiger charge is 2.12. The molecule has 2 aromatic heterocycles. The van der Waals surface area contributed by atoms with Crippen molar-refractivity contribution >= 4 is 12.1 Å². The summed E-state index contributed by atoms with van der Waals surface area (Å²) >= 11 is 0. The molecule has 7 nitrogen and oxygen atoms in total. The zero-order chi connectivity index (χ0) is 19.6. The number of benzene rings is 1. The molecule has 0 aliphatic carbocycles. The summed E-state index contributed by atoms with van der Waals surface area (Å²) in [6.45, 7) is 7.62. The maximum absolute atomic E-state index is 13.1. The monoisotopic (exact) mass is 368 g/mol. The highest BCUT2D eigenvalue weighted by Crippen LogP contribution is 2.16. The number of carbonyl (C=O) groups excluding carboxylic acids is 1. The highest BCUT2D eigenvalue weighted by molar-refractivity contribution is 5.84. The zero-order valence-corrected chi connectivity index (χ0v) is 15.7. The highest BCUT2D eigenvalue weighted by atomic mass is 19.1. The third-order valence-corrected chi connectivity index (χ3v) is 4.20. The number of rotatable bonds is 5. The van der Waals surface area contributed by atoms with Crippen LogP contribution in [0.15, 0.2) is 35.4 Å². The topological polar surface area (TPSA) is 77.1 Å². The molecule has 0 saturated carbocycles. The molecule has 140 valence electrons. The number of halogens is 1. The van der Waals surface area contributed by atoms with Crippen LogP contribution in [0.4, 0.5) is 4.39 Å². The predicted octanol–water partition coefficient (Wildman–Crippen LogP) is 2.59. The average molecular weight is 368 g/mol. The smallest absolute Gasteiger partial charge is 0.261 e. The van der Waals surface area contributed by atoms with Crippen LogP contribution in [0, 0.1) is 33.5 Å². The predicted molar refractivity (Wildman–Crippen MR) is 100 cm³/mol. The fourth-order valence-corrected chi connectivity index (χ4v) is 2.85. The van der Waals surface area contributed by atoms with Crippen LogP contribution < -0.4 is 5.43 Å². The Hall–Kier alpha value is -3.29. The van der Waals surface area contributed by atoms with Gasteiger partial charge in [-0.15, -0.1) is 0 Å². The zero-order valence-electron chi connectivity index (χ0n) is 15.7. The summed E-state index contributed by atoms with van der Waals surface area (Å²) in [4.78, 5) is 12.1. The number of hydrogen-bond donors (Lipinski definition) is 1. The average Bonchev–Trinajstić information content (AvgIpc) is 3.07. The van der Waals surface area contributed by atoms with Gasteiger partial charge in [-0.25, -0.2) is 14.5 Å². The van der Waals surface area contributed by atoms with Crippen molar-refractivity contribution in [1.29, 1.82) is 0 Å². The van der Waals surface area contributed by atoms with E-state index in [2.05, 4.69) is 20.7 Å². The lowest BCUT2D eigenvalue weighted by atomic mass is 10.2. The van der Waals surface area contributed by atoms with Gasteiger partial charge < -0.3 is 0 Å². The quantitative estimate of drug-likeness (QED) is 0.555. The number of aromatic nitrogens is 4. The Morgan fingerprint density at radius 1 is 1.19 bits per heavy atom. The van der Waals surface area contributed by atoms with Crippen LogP contribution in [0.3, 0.4) is 0 Å². The van der Waals surface area contributed by atoms with Crippen molar-refractivity contribution in [3.8, 4) is 5.69 Å². The number of nitrogens with one attached hydrogen (secondary N) is 1. The minimum absolute atomic E-state index is 0.101. The van der Waals surface area contributed by atoms with Crippen molar-refractivity contribution in [1.82, 2.24) is 25.0 Å². The lowest BCUT2D eigenvalue weighted by Crippen LogP contribution is -2.24. The first-order valence-corrected chi connectivity index (χ1v) is 8.50. The van der Waals surface area contributed by atoms with Crippen molar-refractivity contribution in [2.45, 2.75) is 34.2 Å². The van der Waals surface area contributed by atoms with Crippen LogP contribution in [0.2, 0.25) is 0 Å². The Kier molecular flexibility index (Phi) is 5.16. The first kappa shape index (κ1) is 18.5. The Balaban J connectivity index is 1.71. The second kappa shape index (κ2) is 7.53. The van der Waals surface area contributed by atoms with E-state index in [1.54, 1.807) is 27.7 Å². The lowest BCUT2D eigenvalue weighted by molar-refractivity contribution is -0.121. The Morgan fingerprint density at radius 2 is 1.89 bits per heavy atom. The summed E-state index contributed by atoms with van der Waals surface area (Å²) in [7, 11) is 0. The van der Waals surface area contributed by atoms with E-state index in [1.807, 2.05) is 33.8 Å². The van der Waals surface area contributed by atoms with Crippen LogP contribution >= 0.6 is 0 Å². The van der Waals surface area contributed by atoms with E-state index in [1.165, 1.54) is 12.1 Å². The second-order valence-electron chi connectivity index (χ2n) is 6.35. The summed E-state index contributed by atoms with van der Waals surface area (Å²) in [6, 6.07) is 8.00. The Morgan fingerprint density at radius 3 is 2.52 bits per heavy atom. The number of hydrogen-bond acceptors (Lipinski definition) is 4. The molecule has 0 atom stereocenters. The van der Waals surface area contributed by atoms with E-state index in [4.69, 9.17) is 0 Å². The van der Waals surface area contributed by atoms with Crippen molar-refractivity contribution in [2.75, 3.05) is 0 Å². The van der Waals surface area contributed by atoms with Gasteiger partial charge in [-0.2, -0.15) is 15.3 Å². The molecule has 0 fully saturated rings. The molecule has 3 aromatic rings. The Bertz CT molecular complexity index is 1000. The molecule has 27 heavy (non-hydrogen) atoms. The fraction of sp³-hybridized carbons (Fsp3) is 0.263. The summed E-state index contributed by atoms with van der Waals surface area (Å²) in [5.74, 6) is -0.564. The molecular formula is C19H21FN6O. The second-order valence-corrected chi connectivity index (χ2v) is 6.35. The van der Waals surface area contributed by atoms with Crippen LogP contribution in [0.5, 0.6) is 0 Å². The molecule has 2 heterocycles. The molecule has 8 heteroatoms. The summed E-state index contributed by atoms with van der Waals surface area (Å²) in [5.41, 5.74) is 7.44. The third-order valence-electron chi connectivity index (χ3n) is 4.20. The summed E-state index contributed by atoms with van der Waals surface area (Å²) in [5, 5.41) is 12.8. The number of amides is 1. The number of carbonyl (C=O) groups is 1. The van der Waals surface area contributed by atoms with E-state index in [-0.39, 0.29) is 18.3 Å². The molecule has 0 unspecified atom stereocenters. The molecule has 0 spiro atoms. The van der Waals surface area contributed by atoms with Crippen LogP contribution in [0.25, 0.3) is 5.69 Å². The number of hydrazone groups is 1. The van der Waals surface area contributed by atoms with E-state index in [0.29, 0.717) is 0 Å². The first-order valence-electron chi connectivity index (χ1n) is 8.50. The van der Waals surface area contributed by atoms with Crippen LogP contribution in [-0.2, 0) is 11.3 Å². The molecule has 0 aliphatic heterocycles. The van der Waals surface area contributed by atoms with Crippen molar-refractivity contribution in [3.63, 3.8) is 0 Å². The van der Waals surface area contributed by atoms with Gasteiger partial charge in [0.25, 0.3) is 5.91 Å². The lowest BCUT2D eigenvalue weighted by Gasteiger charge is -2.04. The van der Waals surface area contributed by atoms with Gasteiger partial charge in [0.2, 0.25) is 0 Å². The van der Waals surface area contributed by atoms with Gasteiger partial charge in [-0.1, -0.05) is 0 Å². The van der Waals surface area contributed by atoms with E-state index < -0.39 is 0 Å². The normalized spacial score (nSPS) is 11.3.